The van der Waals surface area contributed by atoms with E-state index in [4.69, 9.17) is 9.47 Å². The molecule has 1 aliphatic carbocycles. The van der Waals surface area contributed by atoms with Gasteiger partial charge in [-0.3, -0.25) is 4.79 Å². The SMILES string of the molecule is C/C=C/[C@@H]1[C@@H]2C(=O)[C@]3(C)O[C@H]1C[C@@](O)(O3)[C@H]2O. The third kappa shape index (κ3) is 1.25. The molecule has 4 aliphatic rings. The first-order chi connectivity index (χ1) is 7.91. The lowest BCUT2D eigenvalue weighted by Crippen LogP contribution is -2.76. The van der Waals surface area contributed by atoms with Gasteiger partial charge in [0.25, 0.3) is 0 Å². The van der Waals surface area contributed by atoms with Gasteiger partial charge in [-0.1, -0.05) is 12.2 Å². The van der Waals surface area contributed by atoms with Crippen LogP contribution in [-0.4, -0.2) is 39.8 Å². The Balaban J connectivity index is 2.07. The molecule has 4 fully saturated rings. The first kappa shape index (κ1) is 11.3. The van der Waals surface area contributed by atoms with Crippen molar-refractivity contribution in [3.8, 4) is 0 Å². The Hall–Kier alpha value is -0.750. The molecule has 5 nitrogen and oxygen atoms in total. The van der Waals surface area contributed by atoms with Gasteiger partial charge in [-0.2, -0.15) is 0 Å². The van der Waals surface area contributed by atoms with Crippen molar-refractivity contribution in [2.45, 2.75) is 44.1 Å². The maximum absolute atomic E-state index is 12.2. The molecular weight excluding hydrogens is 224 g/mol. The zero-order valence-corrected chi connectivity index (χ0v) is 9.79. The van der Waals surface area contributed by atoms with Crippen LogP contribution in [0.5, 0.6) is 0 Å². The van der Waals surface area contributed by atoms with Gasteiger partial charge in [0, 0.05) is 12.3 Å². The van der Waals surface area contributed by atoms with Gasteiger partial charge in [-0.25, -0.2) is 0 Å². The predicted molar refractivity (Wildman–Crippen MR) is 56.7 cm³/mol. The van der Waals surface area contributed by atoms with E-state index in [1.807, 2.05) is 19.1 Å². The highest BCUT2D eigenvalue weighted by atomic mass is 16.8. The van der Waals surface area contributed by atoms with Crippen molar-refractivity contribution >= 4 is 5.78 Å². The van der Waals surface area contributed by atoms with E-state index in [-0.39, 0.29) is 24.2 Å². The number of aliphatic hydroxyl groups is 2. The molecule has 6 atom stereocenters. The van der Waals surface area contributed by atoms with Gasteiger partial charge < -0.3 is 19.7 Å². The van der Waals surface area contributed by atoms with Gasteiger partial charge in [-0.05, 0) is 13.8 Å². The van der Waals surface area contributed by atoms with Crippen LogP contribution in [0.3, 0.4) is 0 Å². The van der Waals surface area contributed by atoms with Crippen LogP contribution in [0.4, 0.5) is 0 Å². The predicted octanol–water partition coefficient (Wildman–Crippen LogP) is -0.0376. The lowest BCUT2D eigenvalue weighted by atomic mass is 9.64. The van der Waals surface area contributed by atoms with Crippen molar-refractivity contribution in [1.82, 2.24) is 0 Å². The van der Waals surface area contributed by atoms with Crippen LogP contribution < -0.4 is 0 Å². The van der Waals surface area contributed by atoms with Crippen molar-refractivity contribution in [2.24, 2.45) is 11.8 Å². The molecule has 0 aromatic carbocycles. The first-order valence-corrected chi connectivity index (χ1v) is 5.87. The van der Waals surface area contributed by atoms with Crippen LogP contribution in [0.2, 0.25) is 0 Å². The number of carbonyl (C=O) groups is 1. The molecule has 4 rings (SSSR count). The molecule has 17 heavy (non-hydrogen) atoms. The average Bonchev–Trinajstić information content (AvgIpc) is 2.23. The molecule has 3 heterocycles. The highest BCUT2D eigenvalue weighted by Gasteiger charge is 2.70. The number of rotatable bonds is 1. The van der Waals surface area contributed by atoms with Gasteiger partial charge in [0.1, 0.15) is 6.10 Å². The molecule has 0 unspecified atom stereocenters. The summed E-state index contributed by atoms with van der Waals surface area (Å²) in [7, 11) is 0. The highest BCUT2D eigenvalue weighted by Crippen LogP contribution is 2.54. The quantitative estimate of drug-likeness (QED) is 0.629. The third-order valence-corrected chi connectivity index (χ3v) is 4.05. The van der Waals surface area contributed by atoms with Crippen LogP contribution in [0.25, 0.3) is 0 Å². The summed E-state index contributed by atoms with van der Waals surface area (Å²) in [6.45, 7) is 3.37. The van der Waals surface area contributed by atoms with Crippen molar-refractivity contribution in [3.05, 3.63) is 12.2 Å². The maximum atomic E-state index is 12.2. The number of Topliss-reactive ketones (excluding diaryl/α,β-unsaturated/α-hetero) is 1. The summed E-state index contributed by atoms with van der Waals surface area (Å²) < 4.78 is 10.9. The molecule has 5 heteroatoms. The summed E-state index contributed by atoms with van der Waals surface area (Å²) in [4.78, 5) is 12.2. The molecule has 0 aromatic rings. The second kappa shape index (κ2) is 3.17. The van der Waals surface area contributed by atoms with E-state index in [0.29, 0.717) is 0 Å². The minimum Gasteiger partial charge on any atom is -0.387 e. The van der Waals surface area contributed by atoms with Crippen LogP contribution >= 0.6 is 0 Å². The van der Waals surface area contributed by atoms with Crippen LogP contribution in [0, 0.1) is 11.8 Å². The summed E-state index contributed by atoms with van der Waals surface area (Å²) >= 11 is 0. The number of aliphatic hydroxyl groups excluding tert-OH is 1. The highest BCUT2D eigenvalue weighted by molar-refractivity contribution is 5.90. The van der Waals surface area contributed by atoms with E-state index in [0.717, 1.165) is 0 Å². The largest absolute Gasteiger partial charge is 0.387 e. The molecule has 4 bridgehead atoms. The lowest BCUT2D eigenvalue weighted by Gasteiger charge is -2.61. The number of hydrogen-bond acceptors (Lipinski definition) is 5. The fourth-order valence-electron chi connectivity index (χ4n) is 3.34. The van der Waals surface area contributed by atoms with Crippen molar-refractivity contribution < 1.29 is 24.5 Å². The molecule has 0 amide bonds. The lowest BCUT2D eigenvalue weighted by molar-refractivity contribution is -0.445. The van der Waals surface area contributed by atoms with Crippen molar-refractivity contribution in [1.29, 1.82) is 0 Å². The molecule has 2 N–H and O–H groups in total. The zero-order valence-electron chi connectivity index (χ0n) is 9.79. The first-order valence-electron chi connectivity index (χ1n) is 5.87. The van der Waals surface area contributed by atoms with Crippen molar-refractivity contribution in [3.63, 3.8) is 0 Å². The number of ketones is 1. The van der Waals surface area contributed by atoms with Crippen LogP contribution in [0.15, 0.2) is 12.2 Å². The normalized spacial score (nSPS) is 57.1. The fraction of sp³-hybridized carbons (Fsp3) is 0.750. The van der Waals surface area contributed by atoms with E-state index >= 15 is 0 Å². The zero-order chi connectivity index (χ0) is 12.4. The monoisotopic (exact) mass is 240 g/mol. The average molecular weight is 240 g/mol. The Morgan fingerprint density at radius 3 is 2.88 bits per heavy atom. The smallest absolute Gasteiger partial charge is 0.229 e. The summed E-state index contributed by atoms with van der Waals surface area (Å²) in [6.07, 6.45) is 2.44. The Morgan fingerprint density at radius 2 is 2.24 bits per heavy atom. The molecule has 3 aliphatic heterocycles. The standard InChI is InChI=1S/C12H16O5/c1-3-4-6-7-5-12(15)10(14)8(6)9(13)11(2,16-7)17-12/h3-4,6-8,10,14-15H,5H2,1-2H3/b4-3+/t6-,7-,8+,10-,11+,12+/m0/s1. The van der Waals surface area contributed by atoms with E-state index in [2.05, 4.69) is 0 Å². The van der Waals surface area contributed by atoms with E-state index < -0.39 is 23.6 Å². The van der Waals surface area contributed by atoms with Crippen LogP contribution in [-0.2, 0) is 14.3 Å². The molecule has 3 saturated heterocycles. The Kier molecular flexibility index (Phi) is 2.12. The van der Waals surface area contributed by atoms with Gasteiger partial charge in [-0.15, -0.1) is 0 Å². The van der Waals surface area contributed by atoms with Gasteiger partial charge >= 0.3 is 0 Å². The minimum absolute atomic E-state index is 0.181. The Bertz CT molecular complexity index is 406. The second-order valence-corrected chi connectivity index (χ2v) is 5.19. The van der Waals surface area contributed by atoms with E-state index in [1.54, 1.807) is 0 Å². The Morgan fingerprint density at radius 1 is 1.53 bits per heavy atom. The summed E-state index contributed by atoms with van der Waals surface area (Å²) in [5.74, 6) is -4.15. The maximum Gasteiger partial charge on any atom is 0.229 e. The number of ether oxygens (including phenoxy) is 2. The molecule has 0 spiro atoms. The van der Waals surface area contributed by atoms with Gasteiger partial charge in [0.2, 0.25) is 5.79 Å². The molecule has 1 saturated carbocycles. The minimum atomic E-state index is -1.64. The van der Waals surface area contributed by atoms with Crippen LogP contribution in [0.1, 0.15) is 20.3 Å². The van der Waals surface area contributed by atoms with Gasteiger partial charge in [0.05, 0.1) is 12.0 Å². The van der Waals surface area contributed by atoms with E-state index in [1.165, 1.54) is 6.92 Å². The Labute approximate surface area is 99.0 Å². The number of carbonyl (C=O) groups excluding carboxylic acids is 1. The summed E-state index contributed by atoms with van der Waals surface area (Å²) in [5, 5.41) is 20.3. The fourth-order valence-corrected chi connectivity index (χ4v) is 3.34. The van der Waals surface area contributed by atoms with E-state index in [9.17, 15) is 15.0 Å². The summed E-state index contributed by atoms with van der Waals surface area (Å²) in [5.41, 5.74) is 0. The van der Waals surface area contributed by atoms with Crippen molar-refractivity contribution in [2.75, 3.05) is 0 Å². The number of allylic oxidation sites excluding steroid dienone is 1. The molecule has 0 aromatic heterocycles. The third-order valence-electron chi connectivity index (χ3n) is 4.05. The molecule has 94 valence electrons. The molecule has 0 radical (unpaired) electrons. The molecular formula is C12H16O5. The number of hydrogen-bond donors (Lipinski definition) is 2. The van der Waals surface area contributed by atoms with Gasteiger partial charge in [0.15, 0.2) is 11.6 Å². The summed E-state index contributed by atoms with van der Waals surface area (Å²) in [6, 6.07) is 0. The topological polar surface area (TPSA) is 76.0 Å². The second-order valence-electron chi connectivity index (χ2n) is 5.19.